The van der Waals surface area contributed by atoms with Crippen LogP contribution in [0, 0.1) is 0 Å². The number of fused-ring (bicyclic) bond motifs is 1. The van der Waals surface area contributed by atoms with E-state index in [4.69, 9.17) is 0 Å². The van der Waals surface area contributed by atoms with Crippen LogP contribution in [0.25, 0.3) is 6.08 Å². The van der Waals surface area contributed by atoms with Crippen molar-refractivity contribution in [2.45, 2.75) is 0 Å². The van der Waals surface area contributed by atoms with Gasteiger partial charge in [-0.2, -0.15) is 5.10 Å². The van der Waals surface area contributed by atoms with Crippen molar-refractivity contribution in [3.63, 3.8) is 0 Å². The van der Waals surface area contributed by atoms with Crippen LogP contribution in [0.1, 0.15) is 5.56 Å². The molecule has 0 radical (unpaired) electrons. The van der Waals surface area contributed by atoms with Gasteiger partial charge in [-0.15, -0.1) is 0 Å². The molecule has 4 heteroatoms. The predicted octanol–water partition coefficient (Wildman–Crippen LogP) is 2.14. The maximum Gasteiger partial charge on any atom is 0.0634 e. The fraction of sp³-hybridized carbons (Fsp3) is 0.308. The van der Waals surface area contributed by atoms with Gasteiger partial charge in [0.2, 0.25) is 0 Å². The summed E-state index contributed by atoms with van der Waals surface area (Å²) in [4.78, 5) is 0. The van der Waals surface area contributed by atoms with Crippen LogP contribution in [0.4, 0.5) is 5.69 Å². The summed E-state index contributed by atoms with van der Waals surface area (Å²) in [7, 11) is 8.00. The molecule has 1 N–H and O–H groups in total. The number of hydrogen-bond acceptors (Lipinski definition) is 4. The third-order valence-electron chi connectivity index (χ3n) is 2.38. The van der Waals surface area contributed by atoms with Crippen molar-refractivity contribution in [1.29, 1.82) is 0 Å². The lowest BCUT2D eigenvalue weighted by molar-refractivity contribution is 0.0894. The summed E-state index contributed by atoms with van der Waals surface area (Å²) < 4.78 is 0. The Morgan fingerprint density at radius 2 is 1.65 bits per heavy atom. The highest BCUT2D eigenvalue weighted by Gasteiger charge is 1.96. The van der Waals surface area contributed by atoms with Crippen molar-refractivity contribution >= 4 is 18.0 Å². The molecule has 4 nitrogen and oxygen atoms in total. The monoisotopic (exact) mass is 232 g/mol. The van der Waals surface area contributed by atoms with Crippen molar-refractivity contribution in [1.82, 2.24) is 10.0 Å². The second-order valence-electron chi connectivity index (χ2n) is 4.03. The number of nitrogens with zero attached hydrogens (tertiary/aromatic N) is 3. The maximum atomic E-state index is 3.95. The summed E-state index contributed by atoms with van der Waals surface area (Å²) in [6.07, 6.45) is 5.68. The van der Waals surface area contributed by atoms with E-state index in [1.54, 1.807) is 6.21 Å². The quantitative estimate of drug-likeness (QED) is 0.753. The van der Waals surface area contributed by atoms with Gasteiger partial charge in [0.25, 0.3) is 0 Å². The molecule has 0 aromatic heterocycles. The van der Waals surface area contributed by atoms with Gasteiger partial charge in [0.1, 0.15) is 0 Å². The Bertz CT molecular complexity index is 388. The molecule has 1 aliphatic heterocycles. The lowest BCUT2D eigenvalue weighted by atomic mass is 10.2. The van der Waals surface area contributed by atoms with E-state index in [1.807, 2.05) is 74.6 Å². The second-order valence-corrected chi connectivity index (χ2v) is 4.03. The third-order valence-corrected chi connectivity index (χ3v) is 2.38. The van der Waals surface area contributed by atoms with E-state index in [0.29, 0.717) is 0 Å². The van der Waals surface area contributed by atoms with Gasteiger partial charge in [0.15, 0.2) is 0 Å². The molecule has 0 fully saturated rings. The van der Waals surface area contributed by atoms with Gasteiger partial charge < -0.3 is 0 Å². The summed E-state index contributed by atoms with van der Waals surface area (Å²) in [5, 5.41) is 7.95. The molecule has 0 aliphatic carbocycles. The van der Waals surface area contributed by atoms with Gasteiger partial charge >= 0.3 is 0 Å². The lowest BCUT2D eigenvalue weighted by Crippen LogP contribution is -2.28. The van der Waals surface area contributed by atoms with E-state index in [1.165, 1.54) is 5.56 Å². The highest BCUT2D eigenvalue weighted by molar-refractivity contribution is 5.83. The number of para-hydroxylation sites is 1. The van der Waals surface area contributed by atoms with Gasteiger partial charge in [0.05, 0.1) is 5.69 Å². The SMILES string of the molecule is C1=Cc2ccccc2NN=C1.CN(C)N(C)C. The molecule has 1 aromatic carbocycles. The summed E-state index contributed by atoms with van der Waals surface area (Å²) in [6.45, 7) is 0. The highest BCUT2D eigenvalue weighted by atomic mass is 15.6. The van der Waals surface area contributed by atoms with Crippen LogP contribution >= 0.6 is 0 Å². The summed E-state index contributed by atoms with van der Waals surface area (Å²) in [6, 6.07) is 8.05. The van der Waals surface area contributed by atoms with E-state index in [9.17, 15) is 0 Å². The van der Waals surface area contributed by atoms with Crippen LogP contribution < -0.4 is 5.43 Å². The number of rotatable bonds is 1. The summed E-state index contributed by atoms with van der Waals surface area (Å²) in [5.74, 6) is 0. The Morgan fingerprint density at radius 3 is 2.29 bits per heavy atom. The minimum Gasteiger partial charge on any atom is -0.278 e. The largest absolute Gasteiger partial charge is 0.278 e. The number of benzene rings is 1. The van der Waals surface area contributed by atoms with Crippen molar-refractivity contribution in [2.24, 2.45) is 5.10 Å². The number of anilines is 1. The number of hydrazone groups is 1. The normalized spacial score (nSPS) is 12.6. The molecule has 0 atom stereocenters. The lowest BCUT2D eigenvalue weighted by Gasteiger charge is -2.17. The van der Waals surface area contributed by atoms with E-state index < -0.39 is 0 Å². The predicted molar refractivity (Wildman–Crippen MR) is 75.0 cm³/mol. The Kier molecular flexibility index (Phi) is 5.39. The van der Waals surface area contributed by atoms with Gasteiger partial charge in [-0.3, -0.25) is 5.43 Å². The minimum atomic E-state index is 1.05. The average molecular weight is 232 g/mol. The molecule has 1 heterocycles. The molecular formula is C13H20N4. The van der Waals surface area contributed by atoms with Crippen molar-refractivity contribution in [3.8, 4) is 0 Å². The number of hydrogen-bond donors (Lipinski definition) is 1. The first-order valence-corrected chi connectivity index (χ1v) is 5.50. The third kappa shape index (κ3) is 4.80. The summed E-state index contributed by atoms with van der Waals surface area (Å²) >= 11 is 0. The van der Waals surface area contributed by atoms with Gasteiger partial charge in [-0.1, -0.05) is 24.3 Å². The van der Waals surface area contributed by atoms with E-state index >= 15 is 0 Å². The topological polar surface area (TPSA) is 30.9 Å². The van der Waals surface area contributed by atoms with Crippen LogP contribution in [0.5, 0.6) is 0 Å². The average Bonchev–Trinajstić information content (AvgIpc) is 2.54. The molecular weight excluding hydrogens is 212 g/mol. The number of allylic oxidation sites excluding steroid dienone is 1. The van der Waals surface area contributed by atoms with E-state index in [0.717, 1.165) is 5.69 Å². The van der Waals surface area contributed by atoms with Crippen molar-refractivity contribution in [2.75, 3.05) is 33.6 Å². The fourth-order valence-electron chi connectivity index (χ4n) is 1.04. The molecule has 0 saturated heterocycles. The zero-order valence-electron chi connectivity index (χ0n) is 10.9. The maximum absolute atomic E-state index is 3.95. The van der Waals surface area contributed by atoms with Gasteiger partial charge in [-0.25, -0.2) is 10.0 Å². The molecule has 0 unspecified atom stereocenters. The van der Waals surface area contributed by atoms with E-state index in [-0.39, 0.29) is 0 Å². The first-order valence-electron chi connectivity index (χ1n) is 5.50. The van der Waals surface area contributed by atoms with Crippen LogP contribution in [-0.2, 0) is 0 Å². The zero-order chi connectivity index (χ0) is 12.7. The molecule has 0 saturated carbocycles. The molecule has 0 spiro atoms. The highest BCUT2D eigenvalue weighted by Crippen LogP contribution is 2.17. The first kappa shape index (κ1) is 13.4. The van der Waals surface area contributed by atoms with Crippen LogP contribution in [-0.4, -0.2) is 44.4 Å². The molecule has 0 bridgehead atoms. The van der Waals surface area contributed by atoms with Gasteiger partial charge in [-0.05, 0) is 17.7 Å². The molecule has 1 aliphatic rings. The van der Waals surface area contributed by atoms with Crippen LogP contribution in [0.3, 0.4) is 0 Å². The minimum absolute atomic E-state index is 1.05. The van der Waals surface area contributed by atoms with Crippen LogP contribution in [0.15, 0.2) is 35.4 Å². The van der Waals surface area contributed by atoms with E-state index in [2.05, 4.69) is 10.5 Å². The standard InChI is InChI=1S/C9H8N2.C4H12N2/c1-2-6-9-8(4-1)5-3-7-10-11-9;1-5(2)6(3)4/h1-7,11H;1-4H3. The fourth-order valence-corrected chi connectivity index (χ4v) is 1.04. The van der Waals surface area contributed by atoms with Crippen molar-refractivity contribution in [3.05, 3.63) is 35.9 Å². The molecule has 1 aromatic rings. The van der Waals surface area contributed by atoms with Gasteiger partial charge in [0, 0.05) is 34.4 Å². The smallest absolute Gasteiger partial charge is 0.0634 e. The second kappa shape index (κ2) is 6.83. The van der Waals surface area contributed by atoms with Crippen LogP contribution in [0.2, 0.25) is 0 Å². The Hall–Kier alpha value is -1.65. The van der Waals surface area contributed by atoms with Crippen molar-refractivity contribution < 1.29 is 0 Å². The number of nitrogens with one attached hydrogen (secondary N) is 1. The zero-order valence-corrected chi connectivity index (χ0v) is 10.9. The first-order chi connectivity index (χ1) is 8.11. The Balaban J connectivity index is 0.000000209. The number of hydrazine groups is 1. The Labute approximate surface area is 103 Å². The molecule has 2 rings (SSSR count). The molecule has 17 heavy (non-hydrogen) atoms. The summed E-state index contributed by atoms with van der Waals surface area (Å²) in [5.41, 5.74) is 5.16. The molecule has 0 amide bonds. The Morgan fingerprint density at radius 1 is 1.00 bits per heavy atom. The molecule has 92 valence electrons.